The minimum Gasteiger partial charge on any atom is -0.492 e. The topological polar surface area (TPSA) is 76.1 Å². The molecule has 1 aromatic heterocycles. The standard InChI is InChI=1S/C17H22N4O2/c1-4-12(3)20-17(22)14-10-19-16(11-18-14)21-13-8-6-7-9-15(13)23-5-2/h6-12H,4-5H2,1-3H3,(H,19,21)(H,20,22). The predicted octanol–water partition coefficient (Wildman–Crippen LogP) is 3.15. The highest BCUT2D eigenvalue weighted by Crippen LogP contribution is 2.26. The van der Waals surface area contributed by atoms with Crippen LogP contribution < -0.4 is 15.4 Å². The molecule has 1 amide bonds. The van der Waals surface area contributed by atoms with Crippen LogP contribution in [0.2, 0.25) is 0 Å². The normalized spacial score (nSPS) is 11.6. The number of amides is 1. The molecule has 1 unspecified atom stereocenters. The number of anilines is 2. The molecule has 1 aromatic carbocycles. The van der Waals surface area contributed by atoms with E-state index in [1.54, 1.807) is 0 Å². The quantitative estimate of drug-likeness (QED) is 0.821. The van der Waals surface area contributed by atoms with Crippen molar-refractivity contribution in [3.05, 3.63) is 42.4 Å². The van der Waals surface area contributed by atoms with E-state index in [1.165, 1.54) is 12.4 Å². The first-order valence-corrected chi connectivity index (χ1v) is 7.75. The largest absolute Gasteiger partial charge is 0.492 e. The van der Waals surface area contributed by atoms with Gasteiger partial charge in [0.2, 0.25) is 0 Å². The average Bonchev–Trinajstić information content (AvgIpc) is 2.57. The zero-order valence-electron chi connectivity index (χ0n) is 13.7. The number of carbonyl (C=O) groups is 1. The van der Waals surface area contributed by atoms with E-state index in [1.807, 2.05) is 45.0 Å². The smallest absolute Gasteiger partial charge is 0.271 e. The van der Waals surface area contributed by atoms with Gasteiger partial charge in [0.15, 0.2) is 0 Å². The second kappa shape index (κ2) is 8.12. The van der Waals surface area contributed by atoms with Crippen molar-refractivity contribution in [3.63, 3.8) is 0 Å². The van der Waals surface area contributed by atoms with Crippen LogP contribution in [0, 0.1) is 0 Å². The lowest BCUT2D eigenvalue weighted by Crippen LogP contribution is -2.32. The van der Waals surface area contributed by atoms with Gasteiger partial charge in [-0.25, -0.2) is 9.97 Å². The Morgan fingerprint density at radius 2 is 2.00 bits per heavy atom. The molecule has 2 N–H and O–H groups in total. The lowest BCUT2D eigenvalue weighted by Gasteiger charge is -2.12. The Hall–Kier alpha value is -2.63. The molecule has 2 aromatic rings. The zero-order valence-corrected chi connectivity index (χ0v) is 13.7. The molecule has 0 aliphatic heterocycles. The first-order chi connectivity index (χ1) is 11.1. The van der Waals surface area contributed by atoms with Crippen molar-refractivity contribution in [2.45, 2.75) is 33.2 Å². The van der Waals surface area contributed by atoms with E-state index in [0.717, 1.165) is 17.9 Å². The van der Waals surface area contributed by atoms with Gasteiger partial charge in [-0.2, -0.15) is 0 Å². The van der Waals surface area contributed by atoms with E-state index in [2.05, 4.69) is 20.6 Å². The third-order valence-corrected chi connectivity index (χ3v) is 3.32. The highest BCUT2D eigenvalue weighted by molar-refractivity contribution is 5.92. The molecule has 6 nitrogen and oxygen atoms in total. The van der Waals surface area contributed by atoms with Crippen molar-refractivity contribution in [2.24, 2.45) is 0 Å². The number of hydrogen-bond donors (Lipinski definition) is 2. The molecular formula is C17H22N4O2. The lowest BCUT2D eigenvalue weighted by atomic mass is 10.2. The van der Waals surface area contributed by atoms with Gasteiger partial charge in [-0.1, -0.05) is 19.1 Å². The number of hydrogen-bond acceptors (Lipinski definition) is 5. The van der Waals surface area contributed by atoms with Crippen LogP contribution in [0.25, 0.3) is 0 Å². The van der Waals surface area contributed by atoms with Gasteiger partial charge in [-0.15, -0.1) is 0 Å². The SMILES string of the molecule is CCOc1ccccc1Nc1cnc(C(=O)NC(C)CC)cn1. The summed E-state index contributed by atoms with van der Waals surface area (Å²) in [6.45, 7) is 6.48. The minimum absolute atomic E-state index is 0.111. The van der Waals surface area contributed by atoms with Crippen LogP contribution in [-0.4, -0.2) is 28.5 Å². The maximum absolute atomic E-state index is 12.0. The molecule has 6 heteroatoms. The van der Waals surface area contributed by atoms with Crippen LogP contribution in [0.5, 0.6) is 5.75 Å². The van der Waals surface area contributed by atoms with Gasteiger partial charge >= 0.3 is 0 Å². The molecule has 1 heterocycles. The molecule has 0 bridgehead atoms. The summed E-state index contributed by atoms with van der Waals surface area (Å²) in [7, 11) is 0. The summed E-state index contributed by atoms with van der Waals surface area (Å²) in [6, 6.07) is 7.71. The summed E-state index contributed by atoms with van der Waals surface area (Å²) in [5, 5.41) is 6.00. The molecule has 0 fully saturated rings. The van der Waals surface area contributed by atoms with Crippen molar-refractivity contribution in [3.8, 4) is 5.75 Å². The fourth-order valence-corrected chi connectivity index (χ4v) is 1.90. The number of nitrogens with zero attached hydrogens (tertiary/aromatic N) is 2. The number of carbonyl (C=O) groups excluding carboxylic acids is 1. The third-order valence-electron chi connectivity index (χ3n) is 3.32. The van der Waals surface area contributed by atoms with Gasteiger partial charge < -0.3 is 15.4 Å². The molecule has 0 aliphatic rings. The van der Waals surface area contributed by atoms with Crippen molar-refractivity contribution >= 4 is 17.4 Å². The number of para-hydroxylation sites is 2. The molecule has 0 aliphatic carbocycles. The number of rotatable bonds is 7. The number of benzene rings is 1. The first kappa shape index (κ1) is 16.7. The van der Waals surface area contributed by atoms with Crippen molar-refractivity contribution in [1.82, 2.24) is 15.3 Å². The van der Waals surface area contributed by atoms with Crippen molar-refractivity contribution in [2.75, 3.05) is 11.9 Å². The number of nitrogens with one attached hydrogen (secondary N) is 2. The average molecular weight is 314 g/mol. The Morgan fingerprint density at radius 1 is 1.22 bits per heavy atom. The molecule has 2 rings (SSSR count). The second-order valence-corrected chi connectivity index (χ2v) is 5.12. The Morgan fingerprint density at radius 3 is 2.65 bits per heavy atom. The predicted molar refractivity (Wildman–Crippen MR) is 90.1 cm³/mol. The summed E-state index contributed by atoms with van der Waals surface area (Å²) in [5.74, 6) is 1.08. The fourth-order valence-electron chi connectivity index (χ4n) is 1.90. The van der Waals surface area contributed by atoms with E-state index in [4.69, 9.17) is 4.74 Å². The van der Waals surface area contributed by atoms with E-state index >= 15 is 0 Å². The molecule has 23 heavy (non-hydrogen) atoms. The second-order valence-electron chi connectivity index (χ2n) is 5.12. The Balaban J connectivity index is 2.07. The van der Waals surface area contributed by atoms with Crippen LogP contribution in [0.15, 0.2) is 36.7 Å². The van der Waals surface area contributed by atoms with Crippen LogP contribution in [-0.2, 0) is 0 Å². The highest BCUT2D eigenvalue weighted by atomic mass is 16.5. The minimum atomic E-state index is -0.215. The maximum Gasteiger partial charge on any atom is 0.271 e. The van der Waals surface area contributed by atoms with E-state index < -0.39 is 0 Å². The molecule has 0 radical (unpaired) electrons. The van der Waals surface area contributed by atoms with Crippen LogP contribution >= 0.6 is 0 Å². The monoisotopic (exact) mass is 314 g/mol. The number of ether oxygens (including phenoxy) is 1. The van der Waals surface area contributed by atoms with Crippen LogP contribution in [0.3, 0.4) is 0 Å². The van der Waals surface area contributed by atoms with Crippen LogP contribution in [0.1, 0.15) is 37.7 Å². The molecular weight excluding hydrogens is 292 g/mol. The third kappa shape index (κ3) is 4.67. The maximum atomic E-state index is 12.0. The summed E-state index contributed by atoms with van der Waals surface area (Å²) in [6.07, 6.45) is 3.87. The summed E-state index contributed by atoms with van der Waals surface area (Å²) >= 11 is 0. The van der Waals surface area contributed by atoms with Gasteiger partial charge in [-0.3, -0.25) is 4.79 Å². The van der Waals surface area contributed by atoms with Gasteiger partial charge in [0.05, 0.1) is 24.7 Å². The Kier molecular flexibility index (Phi) is 5.91. The zero-order chi connectivity index (χ0) is 16.7. The highest BCUT2D eigenvalue weighted by Gasteiger charge is 2.11. The first-order valence-electron chi connectivity index (χ1n) is 7.75. The van der Waals surface area contributed by atoms with E-state index in [-0.39, 0.29) is 11.9 Å². The van der Waals surface area contributed by atoms with E-state index in [9.17, 15) is 4.79 Å². The summed E-state index contributed by atoms with van der Waals surface area (Å²) < 4.78 is 5.55. The number of aromatic nitrogens is 2. The summed E-state index contributed by atoms with van der Waals surface area (Å²) in [4.78, 5) is 20.4. The van der Waals surface area contributed by atoms with Gasteiger partial charge in [0, 0.05) is 6.04 Å². The molecule has 0 saturated carbocycles. The molecule has 1 atom stereocenters. The van der Waals surface area contributed by atoms with Crippen molar-refractivity contribution in [1.29, 1.82) is 0 Å². The van der Waals surface area contributed by atoms with Crippen LogP contribution in [0.4, 0.5) is 11.5 Å². The Bertz CT molecular complexity index is 643. The molecule has 122 valence electrons. The fraction of sp³-hybridized carbons (Fsp3) is 0.353. The summed E-state index contributed by atoms with van der Waals surface area (Å²) in [5.41, 5.74) is 1.11. The van der Waals surface area contributed by atoms with Gasteiger partial charge in [-0.05, 0) is 32.4 Å². The molecule has 0 saturated heterocycles. The van der Waals surface area contributed by atoms with E-state index in [0.29, 0.717) is 18.1 Å². The van der Waals surface area contributed by atoms with Gasteiger partial charge in [0.25, 0.3) is 5.91 Å². The molecule has 0 spiro atoms. The Labute approximate surface area is 136 Å². The van der Waals surface area contributed by atoms with Crippen molar-refractivity contribution < 1.29 is 9.53 Å². The lowest BCUT2D eigenvalue weighted by molar-refractivity contribution is 0.0934. The van der Waals surface area contributed by atoms with Gasteiger partial charge in [0.1, 0.15) is 17.3 Å².